The van der Waals surface area contributed by atoms with Crippen LogP contribution in [0.4, 0.5) is 0 Å². The van der Waals surface area contributed by atoms with Crippen LogP contribution in [0.3, 0.4) is 0 Å². The van der Waals surface area contributed by atoms with Gasteiger partial charge < -0.3 is 0 Å². The third kappa shape index (κ3) is 13.2. The van der Waals surface area contributed by atoms with Crippen molar-refractivity contribution in [3.63, 3.8) is 0 Å². The zero-order valence-electron chi connectivity index (χ0n) is 10.4. The summed E-state index contributed by atoms with van der Waals surface area (Å²) in [6.45, 7) is 4.40. The molecule has 0 bridgehead atoms. The maximum Gasteiger partial charge on any atom is -0.0313 e. The topological polar surface area (TPSA) is 0 Å². The van der Waals surface area contributed by atoms with Crippen LogP contribution >= 0.6 is 0 Å². The molecule has 0 atom stereocenters. The molecule has 0 saturated carbocycles. The predicted molar refractivity (Wildman–Crippen MR) is 71.1 cm³/mol. The first-order valence-corrected chi connectivity index (χ1v) is 6.38. The lowest BCUT2D eigenvalue weighted by Gasteiger charge is -1.91. The molecule has 0 nitrogen and oxygen atoms in total. The number of rotatable bonds is 9. The van der Waals surface area contributed by atoms with Gasteiger partial charge in [0.2, 0.25) is 0 Å². The molecular formula is C15H26. The zero-order chi connectivity index (χ0) is 11.2. The summed E-state index contributed by atoms with van der Waals surface area (Å²) in [7, 11) is 0. The van der Waals surface area contributed by atoms with Crippen molar-refractivity contribution in [2.45, 2.75) is 58.8 Å². The molecule has 0 heterocycles. The van der Waals surface area contributed by atoms with Gasteiger partial charge in [0.25, 0.3) is 0 Å². The van der Waals surface area contributed by atoms with E-state index in [1.807, 2.05) is 0 Å². The van der Waals surface area contributed by atoms with Gasteiger partial charge >= 0.3 is 0 Å². The second kappa shape index (κ2) is 13.2. The van der Waals surface area contributed by atoms with Crippen molar-refractivity contribution in [2.75, 3.05) is 0 Å². The summed E-state index contributed by atoms with van der Waals surface area (Å²) in [6, 6.07) is 0. The van der Waals surface area contributed by atoms with E-state index in [2.05, 4.69) is 50.3 Å². The first-order chi connectivity index (χ1) is 7.41. The van der Waals surface area contributed by atoms with E-state index in [0.29, 0.717) is 0 Å². The number of unbranched alkanes of at least 4 members (excludes halogenated alkanes) is 4. The van der Waals surface area contributed by atoms with Gasteiger partial charge in [0.15, 0.2) is 0 Å². The molecule has 0 fully saturated rings. The minimum Gasteiger partial charge on any atom is -0.0885 e. The zero-order valence-corrected chi connectivity index (χ0v) is 10.4. The molecule has 0 aliphatic rings. The second-order valence-electron chi connectivity index (χ2n) is 3.81. The Morgan fingerprint density at radius 2 is 1.33 bits per heavy atom. The Morgan fingerprint density at radius 1 is 0.667 bits per heavy atom. The van der Waals surface area contributed by atoms with Crippen molar-refractivity contribution >= 4 is 0 Å². The smallest absolute Gasteiger partial charge is 0.0313 e. The highest BCUT2D eigenvalue weighted by molar-refractivity contribution is 5.02. The maximum atomic E-state index is 2.32. The summed E-state index contributed by atoms with van der Waals surface area (Å²) in [5, 5.41) is 0. The first kappa shape index (κ1) is 14.2. The monoisotopic (exact) mass is 206 g/mol. The maximum absolute atomic E-state index is 2.32. The average molecular weight is 206 g/mol. The lowest BCUT2D eigenvalue weighted by Crippen LogP contribution is -1.71. The highest BCUT2D eigenvalue weighted by Gasteiger charge is 1.81. The summed E-state index contributed by atoms with van der Waals surface area (Å²) in [5.74, 6) is 0. The van der Waals surface area contributed by atoms with Gasteiger partial charge in [-0.25, -0.2) is 0 Å². The molecular weight excluding hydrogens is 180 g/mol. The predicted octanol–water partition coefficient (Wildman–Crippen LogP) is 5.43. The minimum absolute atomic E-state index is 1.13. The van der Waals surface area contributed by atoms with E-state index in [-0.39, 0.29) is 0 Å². The number of hydrogen-bond donors (Lipinski definition) is 0. The molecule has 86 valence electrons. The van der Waals surface area contributed by atoms with Gasteiger partial charge in [0, 0.05) is 0 Å². The van der Waals surface area contributed by atoms with Crippen LogP contribution in [0.1, 0.15) is 58.8 Å². The molecule has 15 heavy (non-hydrogen) atoms. The summed E-state index contributed by atoms with van der Waals surface area (Å²) in [5.41, 5.74) is 0. The third-order valence-electron chi connectivity index (χ3n) is 2.26. The molecule has 0 aliphatic heterocycles. The Bertz CT molecular complexity index is 184. The third-order valence-corrected chi connectivity index (χ3v) is 2.26. The molecule has 0 radical (unpaired) electrons. The van der Waals surface area contributed by atoms with E-state index >= 15 is 0 Å². The number of hydrogen-bond acceptors (Lipinski definition) is 0. The van der Waals surface area contributed by atoms with Gasteiger partial charge in [-0.15, -0.1) is 0 Å². The lowest BCUT2D eigenvalue weighted by molar-refractivity contribution is 0.728. The Kier molecular flexibility index (Phi) is 12.5. The molecule has 0 aliphatic carbocycles. The van der Waals surface area contributed by atoms with Gasteiger partial charge in [0.1, 0.15) is 0 Å². The molecule has 0 amide bonds. The van der Waals surface area contributed by atoms with E-state index in [9.17, 15) is 0 Å². The highest BCUT2D eigenvalue weighted by atomic mass is 13.9. The fraction of sp³-hybridized carbons (Fsp3) is 0.600. The van der Waals surface area contributed by atoms with E-state index in [1.165, 1.54) is 38.5 Å². The Balaban J connectivity index is 3.22. The quantitative estimate of drug-likeness (QED) is 0.268. The SMILES string of the molecule is CC/C=C/C=C/CC/C=C/CCCCC. The van der Waals surface area contributed by atoms with Crippen LogP contribution in [0, 0.1) is 0 Å². The largest absolute Gasteiger partial charge is 0.0885 e. The van der Waals surface area contributed by atoms with Crippen molar-refractivity contribution in [1.82, 2.24) is 0 Å². The van der Waals surface area contributed by atoms with Crippen molar-refractivity contribution in [3.8, 4) is 0 Å². The van der Waals surface area contributed by atoms with Gasteiger partial charge in [-0.3, -0.25) is 0 Å². The minimum atomic E-state index is 1.13. The van der Waals surface area contributed by atoms with Crippen LogP contribution in [0.25, 0.3) is 0 Å². The van der Waals surface area contributed by atoms with Crippen molar-refractivity contribution in [2.24, 2.45) is 0 Å². The molecule has 0 spiro atoms. The van der Waals surface area contributed by atoms with Crippen molar-refractivity contribution < 1.29 is 0 Å². The van der Waals surface area contributed by atoms with Crippen LogP contribution in [0.5, 0.6) is 0 Å². The summed E-state index contributed by atoms with van der Waals surface area (Å²) >= 11 is 0. The van der Waals surface area contributed by atoms with Crippen LogP contribution in [-0.2, 0) is 0 Å². The van der Waals surface area contributed by atoms with Gasteiger partial charge in [-0.2, -0.15) is 0 Å². The normalized spacial score (nSPS) is 12.4. The van der Waals surface area contributed by atoms with Crippen LogP contribution in [-0.4, -0.2) is 0 Å². The Labute approximate surface area is 95.8 Å². The van der Waals surface area contributed by atoms with Crippen LogP contribution < -0.4 is 0 Å². The van der Waals surface area contributed by atoms with Gasteiger partial charge in [0.05, 0.1) is 0 Å². The fourth-order valence-corrected chi connectivity index (χ4v) is 1.33. The molecule has 0 aromatic carbocycles. The standard InChI is InChI=1S/C15H26/c1-3-5-7-9-11-13-15-14-12-10-8-6-4-2/h5,7,9,11-12,14H,3-4,6,8,10,13,15H2,1-2H3/b7-5+,11-9+,14-12+. The van der Waals surface area contributed by atoms with E-state index < -0.39 is 0 Å². The van der Waals surface area contributed by atoms with E-state index in [1.54, 1.807) is 0 Å². The first-order valence-electron chi connectivity index (χ1n) is 6.38. The van der Waals surface area contributed by atoms with Crippen LogP contribution in [0.2, 0.25) is 0 Å². The van der Waals surface area contributed by atoms with E-state index in [0.717, 1.165) is 6.42 Å². The molecule has 0 N–H and O–H groups in total. The fourth-order valence-electron chi connectivity index (χ4n) is 1.33. The Morgan fingerprint density at radius 3 is 2.07 bits per heavy atom. The van der Waals surface area contributed by atoms with Crippen LogP contribution in [0.15, 0.2) is 36.5 Å². The summed E-state index contributed by atoms with van der Waals surface area (Å²) < 4.78 is 0. The summed E-state index contributed by atoms with van der Waals surface area (Å²) in [6.07, 6.45) is 22.1. The van der Waals surface area contributed by atoms with Gasteiger partial charge in [-0.05, 0) is 32.1 Å². The molecule has 0 aromatic heterocycles. The molecule has 0 aromatic rings. The van der Waals surface area contributed by atoms with Crippen molar-refractivity contribution in [1.29, 1.82) is 0 Å². The van der Waals surface area contributed by atoms with E-state index in [4.69, 9.17) is 0 Å². The highest BCUT2D eigenvalue weighted by Crippen LogP contribution is 2.01. The lowest BCUT2D eigenvalue weighted by atomic mass is 10.2. The van der Waals surface area contributed by atoms with Gasteiger partial charge in [-0.1, -0.05) is 63.1 Å². The molecule has 0 heteroatoms. The molecule has 0 unspecified atom stereocenters. The van der Waals surface area contributed by atoms with Crippen molar-refractivity contribution in [3.05, 3.63) is 36.5 Å². The Hall–Kier alpha value is -0.780. The molecule has 0 saturated heterocycles. The summed E-state index contributed by atoms with van der Waals surface area (Å²) in [4.78, 5) is 0. The second-order valence-corrected chi connectivity index (χ2v) is 3.81. The average Bonchev–Trinajstić information content (AvgIpc) is 2.26. The number of allylic oxidation sites excluding steroid dienone is 6. The molecule has 0 rings (SSSR count).